The Kier molecular flexibility index (Phi) is 5.17. The van der Waals surface area contributed by atoms with Crippen molar-refractivity contribution >= 4 is 29.3 Å². The van der Waals surface area contributed by atoms with E-state index in [0.29, 0.717) is 25.1 Å². The first kappa shape index (κ1) is 14.6. The van der Waals surface area contributed by atoms with E-state index in [1.807, 2.05) is 24.3 Å². The van der Waals surface area contributed by atoms with E-state index in [9.17, 15) is 9.59 Å². The Balaban J connectivity index is 1.85. The smallest absolute Gasteiger partial charge is 0.267 e. The van der Waals surface area contributed by atoms with Gasteiger partial charge in [-0.1, -0.05) is 19.1 Å². The Labute approximate surface area is 122 Å². The summed E-state index contributed by atoms with van der Waals surface area (Å²) in [6.07, 6.45) is 0.707. The van der Waals surface area contributed by atoms with E-state index in [-0.39, 0.29) is 11.8 Å². The standard InChI is InChI=1S/C14H17N3O2S/c1-2-20-11-5-3-10(4-6-11)9-15-14(19)12-7-8-13(18)17-16-12/h3-6H,2,7-9H2,1H3,(H,15,19)(H,17,18). The van der Waals surface area contributed by atoms with E-state index in [1.165, 1.54) is 4.90 Å². The number of benzene rings is 1. The van der Waals surface area contributed by atoms with Crippen LogP contribution in [-0.2, 0) is 16.1 Å². The van der Waals surface area contributed by atoms with E-state index in [0.717, 1.165) is 11.3 Å². The number of carbonyl (C=O) groups excluding carboxylic acids is 2. The lowest BCUT2D eigenvalue weighted by Crippen LogP contribution is -2.36. The summed E-state index contributed by atoms with van der Waals surface area (Å²) in [5, 5.41) is 6.57. The number of nitrogens with zero attached hydrogens (tertiary/aromatic N) is 1. The van der Waals surface area contributed by atoms with Gasteiger partial charge in [-0.15, -0.1) is 11.8 Å². The molecule has 6 heteroatoms. The average molecular weight is 291 g/mol. The molecular formula is C14H17N3O2S. The molecule has 0 bridgehead atoms. The molecule has 0 spiro atoms. The molecule has 0 atom stereocenters. The molecule has 1 aliphatic rings. The van der Waals surface area contributed by atoms with Gasteiger partial charge < -0.3 is 5.32 Å². The molecule has 2 rings (SSSR count). The van der Waals surface area contributed by atoms with Crippen LogP contribution in [0.4, 0.5) is 0 Å². The van der Waals surface area contributed by atoms with Crippen molar-refractivity contribution in [3.8, 4) is 0 Å². The van der Waals surface area contributed by atoms with Crippen molar-refractivity contribution in [3.63, 3.8) is 0 Å². The largest absolute Gasteiger partial charge is 0.347 e. The molecule has 1 aromatic rings. The second-order valence-electron chi connectivity index (χ2n) is 4.35. The number of thioether (sulfide) groups is 1. The summed E-state index contributed by atoms with van der Waals surface area (Å²) < 4.78 is 0. The highest BCUT2D eigenvalue weighted by Crippen LogP contribution is 2.17. The van der Waals surface area contributed by atoms with Gasteiger partial charge in [-0.25, -0.2) is 5.43 Å². The van der Waals surface area contributed by atoms with Gasteiger partial charge in [-0.05, 0) is 23.4 Å². The van der Waals surface area contributed by atoms with Crippen LogP contribution in [0.25, 0.3) is 0 Å². The van der Waals surface area contributed by atoms with Crippen molar-refractivity contribution in [1.29, 1.82) is 0 Å². The lowest BCUT2D eigenvalue weighted by molar-refractivity contribution is -0.121. The van der Waals surface area contributed by atoms with Crippen LogP contribution in [0.15, 0.2) is 34.3 Å². The monoisotopic (exact) mass is 291 g/mol. The minimum absolute atomic E-state index is 0.148. The summed E-state index contributed by atoms with van der Waals surface area (Å²) in [5.41, 5.74) is 3.74. The van der Waals surface area contributed by atoms with Crippen LogP contribution in [0, 0.1) is 0 Å². The van der Waals surface area contributed by atoms with E-state index in [2.05, 4.69) is 22.8 Å². The summed E-state index contributed by atoms with van der Waals surface area (Å²) in [7, 11) is 0. The van der Waals surface area contributed by atoms with E-state index < -0.39 is 0 Å². The van der Waals surface area contributed by atoms with Crippen LogP contribution in [-0.4, -0.2) is 23.3 Å². The molecule has 2 amide bonds. The molecule has 0 unspecified atom stereocenters. The van der Waals surface area contributed by atoms with Gasteiger partial charge in [0.1, 0.15) is 5.71 Å². The molecule has 0 aromatic heterocycles. The van der Waals surface area contributed by atoms with Crippen LogP contribution in [0.5, 0.6) is 0 Å². The van der Waals surface area contributed by atoms with Crippen LogP contribution in [0.1, 0.15) is 25.3 Å². The predicted octanol–water partition coefficient (Wildman–Crippen LogP) is 1.68. The molecule has 0 saturated heterocycles. The highest BCUT2D eigenvalue weighted by molar-refractivity contribution is 7.99. The molecule has 0 fully saturated rings. The number of nitrogens with one attached hydrogen (secondary N) is 2. The van der Waals surface area contributed by atoms with Crippen molar-refractivity contribution in [2.75, 3.05) is 5.75 Å². The lowest BCUT2D eigenvalue weighted by Gasteiger charge is -2.12. The Morgan fingerprint density at radius 1 is 1.35 bits per heavy atom. The maximum Gasteiger partial charge on any atom is 0.267 e. The molecule has 2 N–H and O–H groups in total. The molecule has 0 radical (unpaired) electrons. The number of hydrogen-bond acceptors (Lipinski definition) is 4. The maximum absolute atomic E-state index is 11.9. The highest BCUT2D eigenvalue weighted by atomic mass is 32.2. The molecule has 1 aromatic carbocycles. The minimum atomic E-state index is -0.225. The number of carbonyl (C=O) groups is 2. The van der Waals surface area contributed by atoms with Crippen LogP contribution in [0.2, 0.25) is 0 Å². The van der Waals surface area contributed by atoms with Gasteiger partial charge in [-0.2, -0.15) is 5.10 Å². The van der Waals surface area contributed by atoms with Crippen molar-refractivity contribution < 1.29 is 9.59 Å². The molecule has 106 valence electrons. The summed E-state index contributed by atoms with van der Waals surface area (Å²) in [6, 6.07) is 8.10. The van der Waals surface area contributed by atoms with E-state index in [4.69, 9.17) is 0 Å². The van der Waals surface area contributed by atoms with Crippen LogP contribution in [0.3, 0.4) is 0 Å². The summed E-state index contributed by atoms with van der Waals surface area (Å²) in [4.78, 5) is 24.0. The van der Waals surface area contributed by atoms with Crippen molar-refractivity contribution in [3.05, 3.63) is 29.8 Å². The van der Waals surface area contributed by atoms with Gasteiger partial charge >= 0.3 is 0 Å². The van der Waals surface area contributed by atoms with Gasteiger partial charge in [-0.3, -0.25) is 9.59 Å². The summed E-state index contributed by atoms with van der Waals surface area (Å²) >= 11 is 1.78. The molecular weight excluding hydrogens is 274 g/mol. The Hall–Kier alpha value is -1.82. The second kappa shape index (κ2) is 7.09. The lowest BCUT2D eigenvalue weighted by atomic mass is 10.1. The Morgan fingerprint density at radius 2 is 2.10 bits per heavy atom. The zero-order chi connectivity index (χ0) is 14.4. The first-order valence-electron chi connectivity index (χ1n) is 6.54. The Bertz CT molecular complexity index is 526. The van der Waals surface area contributed by atoms with Crippen molar-refractivity contribution in [2.24, 2.45) is 5.10 Å². The fourth-order valence-electron chi connectivity index (χ4n) is 1.79. The van der Waals surface area contributed by atoms with E-state index >= 15 is 0 Å². The van der Waals surface area contributed by atoms with Crippen molar-refractivity contribution in [1.82, 2.24) is 10.7 Å². The van der Waals surface area contributed by atoms with Gasteiger partial charge in [0.15, 0.2) is 0 Å². The molecule has 5 nitrogen and oxygen atoms in total. The maximum atomic E-state index is 11.9. The third-order valence-electron chi connectivity index (χ3n) is 2.85. The fourth-order valence-corrected chi connectivity index (χ4v) is 2.45. The van der Waals surface area contributed by atoms with Gasteiger partial charge in [0.05, 0.1) is 0 Å². The van der Waals surface area contributed by atoms with Crippen LogP contribution < -0.4 is 10.7 Å². The average Bonchev–Trinajstić information content (AvgIpc) is 2.47. The zero-order valence-electron chi connectivity index (χ0n) is 11.3. The number of hydrazone groups is 1. The molecule has 0 saturated carbocycles. The number of amides is 2. The molecule has 0 aliphatic carbocycles. The second-order valence-corrected chi connectivity index (χ2v) is 5.69. The predicted molar refractivity (Wildman–Crippen MR) is 79.5 cm³/mol. The zero-order valence-corrected chi connectivity index (χ0v) is 12.1. The highest BCUT2D eigenvalue weighted by Gasteiger charge is 2.17. The van der Waals surface area contributed by atoms with Gasteiger partial charge in [0.25, 0.3) is 5.91 Å². The normalized spacial score (nSPS) is 14.4. The molecule has 20 heavy (non-hydrogen) atoms. The summed E-state index contributed by atoms with van der Waals surface area (Å²) in [6.45, 7) is 2.57. The van der Waals surface area contributed by atoms with Crippen LogP contribution >= 0.6 is 11.8 Å². The van der Waals surface area contributed by atoms with Gasteiger partial charge in [0.2, 0.25) is 5.91 Å². The number of hydrogen-bond donors (Lipinski definition) is 2. The van der Waals surface area contributed by atoms with Gasteiger partial charge in [0, 0.05) is 24.3 Å². The Morgan fingerprint density at radius 3 is 2.70 bits per heavy atom. The third-order valence-corrected chi connectivity index (χ3v) is 3.75. The topological polar surface area (TPSA) is 70.6 Å². The minimum Gasteiger partial charge on any atom is -0.347 e. The summed E-state index contributed by atoms with van der Waals surface area (Å²) in [5.74, 6) is 0.671. The quantitative estimate of drug-likeness (QED) is 0.811. The molecule has 1 aliphatic heterocycles. The third kappa shape index (κ3) is 4.09. The van der Waals surface area contributed by atoms with E-state index in [1.54, 1.807) is 11.8 Å². The first-order valence-corrected chi connectivity index (χ1v) is 7.53. The fraction of sp³-hybridized carbons (Fsp3) is 0.357. The number of rotatable bonds is 5. The first-order chi connectivity index (χ1) is 9.69. The SMILES string of the molecule is CCSc1ccc(CNC(=O)C2=NNC(=O)CC2)cc1. The molecule has 1 heterocycles. The van der Waals surface area contributed by atoms with Crippen molar-refractivity contribution in [2.45, 2.75) is 31.2 Å².